The van der Waals surface area contributed by atoms with E-state index in [0.29, 0.717) is 12.8 Å². The number of nitrogens with one attached hydrogen (secondary N) is 1. The lowest BCUT2D eigenvalue weighted by Crippen LogP contribution is -2.56. The van der Waals surface area contributed by atoms with Crippen molar-refractivity contribution >= 4 is 0 Å². The number of nitrogens with zero attached hydrogens (tertiary/aromatic N) is 1. The number of aliphatic hydroxyl groups is 5. The van der Waals surface area contributed by atoms with Crippen molar-refractivity contribution in [1.29, 1.82) is 0 Å². The van der Waals surface area contributed by atoms with Crippen LogP contribution in [0.15, 0.2) is 0 Å². The Morgan fingerprint density at radius 3 is 1.86 bits per heavy atom. The summed E-state index contributed by atoms with van der Waals surface area (Å²) in [5.41, 5.74) is 1.93. The average Bonchev–Trinajstić information content (AvgIpc) is 2.60. The monoisotopic (exact) mass is 446 g/mol. The molecule has 0 aromatic carbocycles. The van der Waals surface area contributed by atoms with Crippen LogP contribution in [0.25, 0.3) is 0 Å². The summed E-state index contributed by atoms with van der Waals surface area (Å²) in [7, 11) is 0. The molecule has 8 nitrogen and oxygen atoms in total. The van der Waals surface area contributed by atoms with Crippen LogP contribution in [-0.2, 0) is 4.84 Å². The van der Waals surface area contributed by atoms with Gasteiger partial charge in [-0.3, -0.25) is 0 Å². The van der Waals surface area contributed by atoms with Gasteiger partial charge < -0.3 is 30.4 Å². The van der Waals surface area contributed by atoms with Crippen LogP contribution in [0, 0.1) is 0 Å². The van der Waals surface area contributed by atoms with Crippen molar-refractivity contribution in [2.45, 2.75) is 75.7 Å². The second-order valence-corrected chi connectivity index (χ2v) is 6.41. The first-order chi connectivity index (χ1) is 13.3. The molecular formula is C15H28F6N2O6. The fourth-order valence-corrected chi connectivity index (χ4v) is 2.46. The average molecular weight is 446 g/mol. The minimum Gasteiger partial charge on any atom is -0.394 e. The smallest absolute Gasteiger partial charge is 0.394 e. The van der Waals surface area contributed by atoms with Crippen LogP contribution in [0.1, 0.15) is 32.6 Å². The number of alkyl halides is 6. The van der Waals surface area contributed by atoms with E-state index in [2.05, 4.69) is 4.84 Å². The zero-order valence-electron chi connectivity index (χ0n) is 15.7. The molecule has 5 atom stereocenters. The van der Waals surface area contributed by atoms with Crippen molar-refractivity contribution in [2.24, 2.45) is 0 Å². The predicted octanol–water partition coefficient (Wildman–Crippen LogP) is 0.234. The highest BCUT2D eigenvalue weighted by atomic mass is 19.4. The number of aliphatic hydroxyl groups excluding tert-OH is 5. The van der Waals surface area contributed by atoms with Gasteiger partial charge in [-0.25, -0.2) is 0 Å². The standard InChI is InChI=1S/C15H28F6N2O6/c1-2-3-4-5-9(23(14(16,17)18)15(19,20)21)8-29-22-6-10(25)12(27)13(28)11(26)7-24/h9-13,22,24-28H,2-8H2,1H3. The van der Waals surface area contributed by atoms with E-state index >= 15 is 0 Å². The molecule has 6 N–H and O–H groups in total. The Morgan fingerprint density at radius 1 is 0.897 bits per heavy atom. The van der Waals surface area contributed by atoms with Gasteiger partial charge in [0.25, 0.3) is 0 Å². The highest BCUT2D eigenvalue weighted by molar-refractivity contribution is 4.81. The first kappa shape index (κ1) is 28.3. The molecule has 0 bridgehead atoms. The molecule has 0 aliphatic heterocycles. The Kier molecular flexibility index (Phi) is 12.5. The van der Waals surface area contributed by atoms with Gasteiger partial charge in [-0.1, -0.05) is 26.2 Å². The molecule has 0 spiro atoms. The summed E-state index contributed by atoms with van der Waals surface area (Å²) in [6.07, 6.45) is -18.2. The van der Waals surface area contributed by atoms with Crippen LogP contribution in [0.3, 0.4) is 0 Å². The van der Waals surface area contributed by atoms with E-state index in [4.69, 9.17) is 10.2 Å². The summed E-state index contributed by atoms with van der Waals surface area (Å²) < 4.78 is 77.4. The summed E-state index contributed by atoms with van der Waals surface area (Å²) in [5.74, 6) is 0. The molecule has 0 saturated heterocycles. The SMILES string of the molecule is CCCCCC(CONCC(O)C(O)C(O)C(O)CO)N(C(F)(F)F)C(F)(F)F. The molecule has 0 radical (unpaired) electrons. The quantitative estimate of drug-likeness (QED) is 0.0970. The maximum atomic E-state index is 12.9. The molecule has 5 unspecified atom stereocenters. The summed E-state index contributed by atoms with van der Waals surface area (Å²) in [4.78, 5) is 3.08. The largest absolute Gasteiger partial charge is 0.467 e. The summed E-state index contributed by atoms with van der Waals surface area (Å²) >= 11 is 0. The highest BCUT2D eigenvalue weighted by Crippen LogP contribution is 2.36. The maximum absolute atomic E-state index is 12.9. The van der Waals surface area contributed by atoms with Crippen LogP contribution in [0.4, 0.5) is 26.3 Å². The molecule has 176 valence electrons. The van der Waals surface area contributed by atoms with Crippen LogP contribution < -0.4 is 5.48 Å². The molecule has 0 aliphatic rings. The number of hydrogen-bond donors (Lipinski definition) is 6. The third kappa shape index (κ3) is 10.2. The second kappa shape index (κ2) is 12.8. The van der Waals surface area contributed by atoms with E-state index in [1.54, 1.807) is 6.92 Å². The minimum absolute atomic E-state index is 0.0970. The topological polar surface area (TPSA) is 126 Å². The summed E-state index contributed by atoms with van der Waals surface area (Å²) in [6, 6.07) is -2.09. The fourth-order valence-electron chi connectivity index (χ4n) is 2.46. The fraction of sp³-hybridized carbons (Fsp3) is 1.00. The Hall–Kier alpha value is -0.740. The van der Waals surface area contributed by atoms with Gasteiger partial charge in [0, 0.05) is 6.54 Å². The van der Waals surface area contributed by atoms with E-state index in [1.807, 2.05) is 5.48 Å². The summed E-state index contributed by atoms with van der Waals surface area (Å²) in [5, 5.41) is 46.4. The zero-order chi connectivity index (χ0) is 22.8. The first-order valence-electron chi connectivity index (χ1n) is 8.87. The third-order valence-electron chi connectivity index (χ3n) is 4.05. The van der Waals surface area contributed by atoms with Crippen LogP contribution >= 0.6 is 0 Å². The highest BCUT2D eigenvalue weighted by Gasteiger charge is 2.57. The van der Waals surface area contributed by atoms with Gasteiger partial charge >= 0.3 is 12.6 Å². The van der Waals surface area contributed by atoms with Crippen molar-refractivity contribution in [2.75, 3.05) is 19.8 Å². The van der Waals surface area contributed by atoms with E-state index in [0.717, 1.165) is 0 Å². The number of rotatable bonds is 14. The van der Waals surface area contributed by atoms with Gasteiger partial charge in [-0.15, -0.1) is 4.90 Å². The van der Waals surface area contributed by atoms with Crippen LogP contribution in [0.2, 0.25) is 0 Å². The normalized spacial score (nSPS) is 18.5. The number of hydroxylamine groups is 1. The van der Waals surface area contributed by atoms with Crippen LogP contribution in [-0.4, -0.2) is 93.2 Å². The van der Waals surface area contributed by atoms with E-state index in [1.165, 1.54) is 0 Å². The number of unbranched alkanes of at least 4 members (excludes halogenated alkanes) is 2. The number of halogens is 6. The van der Waals surface area contributed by atoms with Gasteiger partial charge in [0.1, 0.15) is 18.3 Å². The minimum atomic E-state index is -5.68. The van der Waals surface area contributed by atoms with Gasteiger partial charge in [0.15, 0.2) is 0 Å². The van der Waals surface area contributed by atoms with Crippen LogP contribution in [0.5, 0.6) is 0 Å². The van der Waals surface area contributed by atoms with E-state index in [9.17, 15) is 41.7 Å². The van der Waals surface area contributed by atoms with Crippen molar-refractivity contribution in [1.82, 2.24) is 10.4 Å². The molecule has 0 saturated carbocycles. The Bertz CT molecular complexity index is 429. The lowest BCUT2D eigenvalue weighted by Gasteiger charge is -2.34. The van der Waals surface area contributed by atoms with Crippen molar-refractivity contribution in [3.8, 4) is 0 Å². The second-order valence-electron chi connectivity index (χ2n) is 6.41. The van der Waals surface area contributed by atoms with Gasteiger partial charge in [-0.2, -0.15) is 31.8 Å². The zero-order valence-corrected chi connectivity index (χ0v) is 15.7. The molecule has 0 amide bonds. The molecule has 0 heterocycles. The Morgan fingerprint density at radius 2 is 1.41 bits per heavy atom. The van der Waals surface area contributed by atoms with E-state index in [-0.39, 0.29) is 6.42 Å². The van der Waals surface area contributed by atoms with Gasteiger partial charge in [0.2, 0.25) is 0 Å². The molecular weight excluding hydrogens is 418 g/mol. The predicted molar refractivity (Wildman–Crippen MR) is 86.9 cm³/mol. The maximum Gasteiger partial charge on any atom is 0.467 e. The van der Waals surface area contributed by atoms with Crippen molar-refractivity contribution < 1.29 is 56.7 Å². The van der Waals surface area contributed by atoms with Crippen molar-refractivity contribution in [3.63, 3.8) is 0 Å². The molecule has 0 rings (SSSR count). The summed E-state index contributed by atoms with van der Waals surface area (Å²) in [6.45, 7) is -0.907. The van der Waals surface area contributed by atoms with Gasteiger partial charge in [-0.05, 0) is 6.42 Å². The van der Waals surface area contributed by atoms with E-state index < -0.39 is 74.1 Å². The molecule has 0 aliphatic carbocycles. The third-order valence-corrected chi connectivity index (χ3v) is 4.05. The van der Waals surface area contributed by atoms with Crippen molar-refractivity contribution in [3.05, 3.63) is 0 Å². The van der Waals surface area contributed by atoms with Gasteiger partial charge in [0.05, 0.1) is 25.4 Å². The lowest BCUT2D eigenvalue weighted by molar-refractivity contribution is -0.388. The Labute approximate surface area is 163 Å². The lowest BCUT2D eigenvalue weighted by atomic mass is 10.0. The molecule has 0 aromatic heterocycles. The molecule has 0 aromatic rings. The number of hydrogen-bond acceptors (Lipinski definition) is 8. The molecule has 14 heteroatoms. The first-order valence-corrected chi connectivity index (χ1v) is 8.87. The molecule has 29 heavy (non-hydrogen) atoms. The molecule has 0 fully saturated rings. The Balaban J connectivity index is 4.86.